The van der Waals surface area contributed by atoms with Crippen LogP contribution in [0.4, 0.5) is 0 Å². The number of rotatable bonds is 8. The molecule has 0 bridgehead atoms. The summed E-state index contributed by atoms with van der Waals surface area (Å²) >= 11 is 0. The van der Waals surface area contributed by atoms with Gasteiger partial charge in [0.05, 0.1) is 6.10 Å². The summed E-state index contributed by atoms with van der Waals surface area (Å²) in [6.45, 7) is 4.47. The fourth-order valence-electron chi connectivity index (χ4n) is 3.02. The zero-order valence-electron chi connectivity index (χ0n) is 15.4. The van der Waals surface area contributed by atoms with Gasteiger partial charge in [-0.25, -0.2) is 9.97 Å². The van der Waals surface area contributed by atoms with Gasteiger partial charge in [0.2, 0.25) is 5.88 Å². The highest BCUT2D eigenvalue weighted by Gasteiger charge is 2.34. The molecule has 0 unspecified atom stereocenters. The summed E-state index contributed by atoms with van der Waals surface area (Å²) in [7, 11) is 0. The number of aromatic nitrogens is 2. The van der Waals surface area contributed by atoms with Gasteiger partial charge in [0.25, 0.3) is 5.91 Å². The third-order valence-electron chi connectivity index (χ3n) is 4.69. The SMILES string of the molecule is CC(C)Oc1cc(CN(C(=O)c2coc(CC3CC3)n2)C2CC2)ccn1. The summed E-state index contributed by atoms with van der Waals surface area (Å²) < 4.78 is 11.2. The summed E-state index contributed by atoms with van der Waals surface area (Å²) in [5.41, 5.74) is 1.43. The highest BCUT2D eigenvalue weighted by Crippen LogP contribution is 2.33. The maximum absolute atomic E-state index is 13.0. The lowest BCUT2D eigenvalue weighted by molar-refractivity contribution is 0.0723. The van der Waals surface area contributed by atoms with Crippen molar-refractivity contribution in [1.29, 1.82) is 0 Å². The van der Waals surface area contributed by atoms with Gasteiger partial charge >= 0.3 is 0 Å². The van der Waals surface area contributed by atoms with Gasteiger partial charge in [-0.05, 0) is 57.1 Å². The Morgan fingerprint density at radius 3 is 2.85 bits per heavy atom. The molecule has 0 N–H and O–H groups in total. The second-order valence-corrected chi connectivity index (χ2v) is 7.61. The van der Waals surface area contributed by atoms with Crippen LogP contribution in [-0.2, 0) is 13.0 Å². The first kappa shape index (κ1) is 17.1. The number of ether oxygens (including phenoxy) is 1. The fourth-order valence-corrected chi connectivity index (χ4v) is 3.02. The molecule has 0 radical (unpaired) electrons. The van der Waals surface area contributed by atoms with E-state index in [1.54, 1.807) is 6.20 Å². The Hall–Kier alpha value is -2.37. The number of nitrogens with zero attached hydrogens (tertiary/aromatic N) is 3. The van der Waals surface area contributed by atoms with Gasteiger partial charge in [0.15, 0.2) is 11.6 Å². The quantitative estimate of drug-likeness (QED) is 0.723. The molecule has 2 saturated carbocycles. The second kappa shape index (κ2) is 7.09. The van der Waals surface area contributed by atoms with E-state index in [4.69, 9.17) is 9.15 Å². The van der Waals surface area contributed by atoms with Gasteiger partial charge in [-0.15, -0.1) is 0 Å². The average molecular weight is 355 g/mol. The Balaban J connectivity index is 1.47. The number of amides is 1. The van der Waals surface area contributed by atoms with E-state index >= 15 is 0 Å². The molecule has 2 aliphatic carbocycles. The minimum absolute atomic E-state index is 0.0542. The van der Waals surface area contributed by atoms with Crippen molar-refractivity contribution < 1.29 is 13.9 Å². The average Bonchev–Trinajstić information content (AvgIpc) is 3.52. The van der Waals surface area contributed by atoms with Crippen LogP contribution in [0.25, 0.3) is 0 Å². The zero-order chi connectivity index (χ0) is 18.1. The molecule has 1 amide bonds. The highest BCUT2D eigenvalue weighted by atomic mass is 16.5. The van der Waals surface area contributed by atoms with Crippen molar-refractivity contribution in [3.05, 3.63) is 41.7 Å². The molecule has 2 fully saturated rings. The Morgan fingerprint density at radius 1 is 1.35 bits per heavy atom. The molecule has 2 heterocycles. The van der Waals surface area contributed by atoms with Gasteiger partial charge < -0.3 is 14.1 Å². The summed E-state index contributed by atoms with van der Waals surface area (Å²) in [6.07, 6.45) is 8.71. The summed E-state index contributed by atoms with van der Waals surface area (Å²) in [5, 5.41) is 0. The van der Waals surface area contributed by atoms with Gasteiger partial charge in [-0.1, -0.05) is 0 Å². The first-order valence-electron chi connectivity index (χ1n) is 9.45. The van der Waals surface area contributed by atoms with Crippen molar-refractivity contribution in [3.63, 3.8) is 0 Å². The lowest BCUT2D eigenvalue weighted by atomic mass is 10.2. The van der Waals surface area contributed by atoms with Crippen LogP contribution < -0.4 is 4.74 Å². The van der Waals surface area contributed by atoms with Crippen LogP contribution in [0.3, 0.4) is 0 Å². The topological polar surface area (TPSA) is 68.5 Å². The van der Waals surface area contributed by atoms with E-state index in [-0.39, 0.29) is 18.1 Å². The Bertz CT molecular complexity index is 778. The van der Waals surface area contributed by atoms with Crippen molar-refractivity contribution in [2.24, 2.45) is 5.92 Å². The molecule has 4 rings (SSSR count). The highest BCUT2D eigenvalue weighted by molar-refractivity contribution is 5.92. The second-order valence-electron chi connectivity index (χ2n) is 7.61. The number of oxazole rings is 1. The summed E-state index contributed by atoms with van der Waals surface area (Å²) in [5.74, 6) is 1.91. The van der Waals surface area contributed by atoms with Crippen molar-refractivity contribution >= 4 is 5.91 Å². The predicted molar refractivity (Wildman–Crippen MR) is 95.8 cm³/mol. The van der Waals surface area contributed by atoms with Crippen LogP contribution >= 0.6 is 0 Å². The minimum Gasteiger partial charge on any atom is -0.475 e. The molecule has 0 aliphatic heterocycles. The van der Waals surface area contributed by atoms with Crippen LogP contribution in [-0.4, -0.2) is 32.9 Å². The van der Waals surface area contributed by atoms with E-state index in [9.17, 15) is 4.79 Å². The van der Waals surface area contributed by atoms with E-state index in [0.29, 0.717) is 29.9 Å². The van der Waals surface area contributed by atoms with E-state index < -0.39 is 0 Å². The number of pyridine rings is 1. The first-order valence-corrected chi connectivity index (χ1v) is 9.45. The smallest absolute Gasteiger partial charge is 0.276 e. The maximum Gasteiger partial charge on any atom is 0.276 e. The third-order valence-corrected chi connectivity index (χ3v) is 4.69. The maximum atomic E-state index is 13.0. The summed E-state index contributed by atoms with van der Waals surface area (Å²) in [6, 6.07) is 4.12. The molecule has 0 saturated heterocycles. The van der Waals surface area contributed by atoms with E-state index in [0.717, 1.165) is 24.8 Å². The van der Waals surface area contributed by atoms with Crippen LogP contribution in [0.2, 0.25) is 0 Å². The van der Waals surface area contributed by atoms with E-state index in [1.165, 1.54) is 19.1 Å². The molecule has 26 heavy (non-hydrogen) atoms. The van der Waals surface area contributed by atoms with Gasteiger partial charge in [0, 0.05) is 31.3 Å². The molecule has 2 aromatic rings. The van der Waals surface area contributed by atoms with Gasteiger partial charge in [0.1, 0.15) is 6.26 Å². The predicted octanol–water partition coefficient (Wildman–Crippen LogP) is 3.61. The van der Waals surface area contributed by atoms with E-state index in [1.807, 2.05) is 30.9 Å². The summed E-state index contributed by atoms with van der Waals surface area (Å²) in [4.78, 5) is 23.5. The number of hydrogen-bond donors (Lipinski definition) is 0. The van der Waals surface area contributed by atoms with Crippen LogP contribution in [0.15, 0.2) is 29.0 Å². The standard InChI is InChI=1S/C20H25N3O3/c1-13(2)26-18-10-15(7-8-21-18)11-23(16-5-6-16)20(24)17-12-25-19(22-17)9-14-3-4-14/h7-8,10,12-14,16H,3-6,9,11H2,1-2H3. The molecule has 6 nitrogen and oxygen atoms in total. The van der Waals surface area contributed by atoms with Crippen LogP contribution in [0.5, 0.6) is 5.88 Å². The van der Waals surface area contributed by atoms with Crippen LogP contribution in [0, 0.1) is 5.92 Å². The molecule has 0 atom stereocenters. The Morgan fingerprint density at radius 2 is 2.15 bits per heavy atom. The zero-order valence-corrected chi connectivity index (χ0v) is 15.4. The molecule has 2 aliphatic rings. The fraction of sp³-hybridized carbons (Fsp3) is 0.550. The van der Waals surface area contributed by atoms with Crippen molar-refractivity contribution in [2.75, 3.05) is 0 Å². The Kier molecular flexibility index (Phi) is 4.66. The lowest BCUT2D eigenvalue weighted by Gasteiger charge is -2.21. The van der Waals surface area contributed by atoms with Gasteiger partial charge in [-0.2, -0.15) is 0 Å². The third kappa shape index (κ3) is 4.23. The molecular weight excluding hydrogens is 330 g/mol. The van der Waals surface area contributed by atoms with Crippen molar-refractivity contribution in [3.8, 4) is 5.88 Å². The monoisotopic (exact) mass is 355 g/mol. The minimum atomic E-state index is -0.0542. The van der Waals surface area contributed by atoms with Gasteiger partial charge in [-0.3, -0.25) is 4.79 Å². The lowest BCUT2D eigenvalue weighted by Crippen LogP contribution is -2.32. The van der Waals surface area contributed by atoms with Crippen molar-refractivity contribution in [2.45, 2.75) is 64.6 Å². The molecule has 2 aromatic heterocycles. The number of carbonyl (C=O) groups excluding carboxylic acids is 1. The molecule has 0 aromatic carbocycles. The Labute approximate surface area is 153 Å². The molecular formula is C20H25N3O3. The normalized spacial score (nSPS) is 16.7. The van der Waals surface area contributed by atoms with E-state index in [2.05, 4.69) is 9.97 Å². The number of hydrogen-bond acceptors (Lipinski definition) is 5. The number of carbonyl (C=O) groups is 1. The largest absolute Gasteiger partial charge is 0.475 e. The van der Waals surface area contributed by atoms with Crippen molar-refractivity contribution in [1.82, 2.24) is 14.9 Å². The molecule has 138 valence electrons. The first-order chi connectivity index (χ1) is 12.6. The molecule has 0 spiro atoms. The van der Waals surface area contributed by atoms with Crippen LogP contribution in [0.1, 0.15) is 61.5 Å². The molecule has 6 heteroatoms.